The number of hydrogen-bond donors (Lipinski definition) is 1. The Morgan fingerprint density at radius 3 is 1.92 bits per heavy atom. The summed E-state index contributed by atoms with van der Waals surface area (Å²) >= 11 is 0. The lowest BCUT2D eigenvalue weighted by Crippen LogP contribution is -2.41. The van der Waals surface area contributed by atoms with Gasteiger partial charge in [0.2, 0.25) is 0 Å². The number of halogens is 1. The molecule has 0 fully saturated rings. The molecule has 2 aromatic carbocycles. The van der Waals surface area contributed by atoms with Crippen molar-refractivity contribution in [2.75, 3.05) is 6.54 Å². The molecule has 0 amide bonds. The Balaban J connectivity index is 0.00000312. The number of aliphatic hydroxyl groups is 1. The van der Waals surface area contributed by atoms with Gasteiger partial charge in [-0.2, -0.15) is 0 Å². The maximum atomic E-state index is 10.6. The quantitative estimate of drug-likeness (QED) is 0.807. The Kier molecular flexibility index (Phi) is 7.70. The van der Waals surface area contributed by atoms with E-state index >= 15 is 0 Å². The molecule has 0 radical (unpaired) electrons. The van der Waals surface area contributed by atoms with Gasteiger partial charge in [-0.15, -0.1) is 12.4 Å². The molecule has 0 saturated carbocycles. The predicted molar refractivity (Wildman–Crippen MR) is 108 cm³/mol. The van der Waals surface area contributed by atoms with Gasteiger partial charge >= 0.3 is 0 Å². The first-order valence-electron chi connectivity index (χ1n) is 8.36. The molecular weight excluding hydrogens is 330 g/mol. The zero-order valence-electron chi connectivity index (χ0n) is 15.5. The molecule has 134 valence electrons. The Bertz CT molecular complexity index is 694. The van der Waals surface area contributed by atoms with E-state index in [0.717, 1.165) is 12.1 Å². The SMILES string of the molecule is CC(O)(C#CCN(Cc1ccccc1)C(C)(C)C)c1ccccc1.Cl. The van der Waals surface area contributed by atoms with E-state index in [1.807, 2.05) is 36.4 Å². The van der Waals surface area contributed by atoms with Gasteiger partial charge < -0.3 is 5.11 Å². The average molecular weight is 358 g/mol. The van der Waals surface area contributed by atoms with Gasteiger partial charge in [-0.1, -0.05) is 72.5 Å². The van der Waals surface area contributed by atoms with E-state index in [1.54, 1.807) is 6.92 Å². The number of benzene rings is 2. The molecule has 1 unspecified atom stereocenters. The van der Waals surface area contributed by atoms with Gasteiger partial charge in [0.05, 0.1) is 6.54 Å². The van der Waals surface area contributed by atoms with Crippen LogP contribution in [0.4, 0.5) is 0 Å². The van der Waals surface area contributed by atoms with Crippen molar-refractivity contribution in [3.05, 3.63) is 71.8 Å². The summed E-state index contributed by atoms with van der Waals surface area (Å²) < 4.78 is 0. The summed E-state index contributed by atoms with van der Waals surface area (Å²) in [4.78, 5) is 2.32. The Hall–Kier alpha value is -1.79. The molecule has 0 aliphatic heterocycles. The minimum Gasteiger partial charge on any atom is -0.374 e. The van der Waals surface area contributed by atoms with Crippen LogP contribution in [0, 0.1) is 11.8 Å². The highest BCUT2D eigenvalue weighted by Gasteiger charge is 2.22. The second kappa shape index (κ2) is 9.06. The fourth-order valence-corrected chi connectivity index (χ4v) is 2.48. The molecule has 2 nitrogen and oxygen atoms in total. The largest absolute Gasteiger partial charge is 0.374 e. The summed E-state index contributed by atoms with van der Waals surface area (Å²) in [6.45, 7) is 9.76. The molecular formula is C22H28ClNO. The van der Waals surface area contributed by atoms with Gasteiger partial charge in [0.1, 0.15) is 5.60 Å². The topological polar surface area (TPSA) is 23.5 Å². The van der Waals surface area contributed by atoms with E-state index in [1.165, 1.54) is 5.56 Å². The standard InChI is InChI=1S/C22H27NO.ClH/c1-21(2,3)23(18-19-12-7-5-8-13-19)17-11-16-22(4,24)20-14-9-6-10-15-20;/h5-10,12-15,24H,17-18H2,1-4H3;1H. The second-order valence-corrected chi connectivity index (χ2v) is 7.25. The van der Waals surface area contributed by atoms with E-state index in [-0.39, 0.29) is 17.9 Å². The second-order valence-electron chi connectivity index (χ2n) is 7.25. The lowest BCUT2D eigenvalue weighted by Gasteiger charge is -2.34. The lowest BCUT2D eigenvalue weighted by molar-refractivity contribution is 0.120. The van der Waals surface area contributed by atoms with Gasteiger partial charge in [-0.3, -0.25) is 4.90 Å². The average Bonchev–Trinajstić information content (AvgIpc) is 2.55. The fraction of sp³-hybridized carbons (Fsp3) is 0.364. The molecule has 0 aliphatic rings. The highest BCUT2D eigenvalue weighted by atomic mass is 35.5. The van der Waals surface area contributed by atoms with E-state index in [9.17, 15) is 5.11 Å². The van der Waals surface area contributed by atoms with Crippen LogP contribution in [0.1, 0.15) is 38.8 Å². The summed E-state index contributed by atoms with van der Waals surface area (Å²) in [6.07, 6.45) is 0. The summed E-state index contributed by atoms with van der Waals surface area (Å²) in [6, 6.07) is 20.0. The first kappa shape index (κ1) is 21.3. The highest BCUT2D eigenvalue weighted by molar-refractivity contribution is 5.85. The molecule has 2 rings (SSSR count). The Morgan fingerprint density at radius 2 is 1.40 bits per heavy atom. The van der Waals surface area contributed by atoms with Crippen molar-refractivity contribution in [3.8, 4) is 11.8 Å². The minimum atomic E-state index is -1.13. The third-order valence-corrected chi connectivity index (χ3v) is 4.10. The van der Waals surface area contributed by atoms with Gasteiger partial charge in [-0.05, 0) is 38.8 Å². The molecule has 25 heavy (non-hydrogen) atoms. The summed E-state index contributed by atoms with van der Waals surface area (Å²) in [7, 11) is 0. The van der Waals surface area contributed by atoms with Gasteiger partial charge in [-0.25, -0.2) is 0 Å². The predicted octanol–water partition coefficient (Wildman–Crippen LogP) is 4.62. The molecule has 1 N–H and O–H groups in total. The summed E-state index contributed by atoms with van der Waals surface area (Å²) in [5.41, 5.74) is 0.965. The van der Waals surface area contributed by atoms with Gasteiger partial charge in [0, 0.05) is 12.1 Å². The Morgan fingerprint density at radius 1 is 0.880 bits per heavy atom. The monoisotopic (exact) mass is 357 g/mol. The van der Waals surface area contributed by atoms with Crippen molar-refractivity contribution in [3.63, 3.8) is 0 Å². The smallest absolute Gasteiger partial charge is 0.148 e. The van der Waals surface area contributed by atoms with Crippen molar-refractivity contribution in [1.82, 2.24) is 4.90 Å². The van der Waals surface area contributed by atoms with Crippen LogP contribution in [0.3, 0.4) is 0 Å². The number of nitrogens with zero attached hydrogens (tertiary/aromatic N) is 1. The minimum absolute atomic E-state index is 0. The van der Waals surface area contributed by atoms with Gasteiger partial charge in [0.15, 0.2) is 0 Å². The van der Waals surface area contributed by atoms with Crippen molar-refractivity contribution in [2.45, 2.75) is 45.4 Å². The van der Waals surface area contributed by atoms with E-state index < -0.39 is 5.60 Å². The maximum Gasteiger partial charge on any atom is 0.148 e. The highest BCUT2D eigenvalue weighted by Crippen LogP contribution is 2.20. The van der Waals surface area contributed by atoms with Crippen LogP contribution in [0.15, 0.2) is 60.7 Å². The van der Waals surface area contributed by atoms with E-state index in [2.05, 4.69) is 61.8 Å². The molecule has 0 bridgehead atoms. The van der Waals surface area contributed by atoms with Crippen LogP contribution in [0.2, 0.25) is 0 Å². The molecule has 0 aromatic heterocycles. The fourth-order valence-electron chi connectivity index (χ4n) is 2.48. The van der Waals surface area contributed by atoms with Crippen molar-refractivity contribution in [1.29, 1.82) is 0 Å². The zero-order chi connectivity index (χ0) is 17.6. The first-order valence-corrected chi connectivity index (χ1v) is 8.36. The first-order chi connectivity index (χ1) is 11.3. The lowest BCUT2D eigenvalue weighted by atomic mass is 9.97. The van der Waals surface area contributed by atoms with E-state index in [4.69, 9.17) is 0 Å². The number of hydrogen-bond acceptors (Lipinski definition) is 2. The van der Waals surface area contributed by atoms with Crippen LogP contribution in [-0.4, -0.2) is 22.1 Å². The van der Waals surface area contributed by atoms with Crippen molar-refractivity contribution < 1.29 is 5.11 Å². The molecule has 0 spiro atoms. The van der Waals surface area contributed by atoms with E-state index in [0.29, 0.717) is 6.54 Å². The molecule has 2 aromatic rings. The van der Waals surface area contributed by atoms with Crippen molar-refractivity contribution in [2.24, 2.45) is 0 Å². The third-order valence-electron chi connectivity index (χ3n) is 4.10. The normalized spacial score (nSPS) is 13.4. The van der Waals surface area contributed by atoms with Crippen LogP contribution in [-0.2, 0) is 12.1 Å². The summed E-state index contributed by atoms with van der Waals surface area (Å²) in [5, 5.41) is 10.6. The summed E-state index contributed by atoms with van der Waals surface area (Å²) in [5.74, 6) is 6.20. The van der Waals surface area contributed by atoms with Crippen LogP contribution in [0.25, 0.3) is 0 Å². The molecule has 3 heteroatoms. The van der Waals surface area contributed by atoms with Crippen LogP contribution in [0.5, 0.6) is 0 Å². The van der Waals surface area contributed by atoms with Crippen molar-refractivity contribution >= 4 is 12.4 Å². The molecule has 1 atom stereocenters. The van der Waals surface area contributed by atoms with Gasteiger partial charge in [0.25, 0.3) is 0 Å². The molecule has 0 saturated heterocycles. The zero-order valence-corrected chi connectivity index (χ0v) is 16.3. The van der Waals surface area contributed by atoms with Crippen LogP contribution >= 0.6 is 12.4 Å². The number of rotatable bonds is 4. The van der Waals surface area contributed by atoms with Crippen LogP contribution < -0.4 is 0 Å². The third kappa shape index (κ3) is 6.55. The molecule has 0 heterocycles. The Labute approximate surface area is 158 Å². The molecule has 0 aliphatic carbocycles. The maximum absolute atomic E-state index is 10.6.